The van der Waals surface area contributed by atoms with Crippen molar-refractivity contribution < 1.29 is 14.7 Å². The van der Waals surface area contributed by atoms with Crippen LogP contribution in [0, 0.1) is 17.3 Å². The minimum absolute atomic E-state index is 0.105. The molecule has 0 atom stereocenters. The van der Waals surface area contributed by atoms with Crippen molar-refractivity contribution in [1.29, 1.82) is 0 Å². The third kappa shape index (κ3) is 3.51. The normalized spacial score (nSPS) is 22.1. The zero-order valence-electron chi connectivity index (χ0n) is 12.5. The Hall–Kier alpha value is -1.10. The van der Waals surface area contributed by atoms with E-state index < -0.39 is 5.97 Å². The van der Waals surface area contributed by atoms with E-state index in [0.29, 0.717) is 43.8 Å². The van der Waals surface area contributed by atoms with Crippen LogP contribution in [-0.4, -0.2) is 48.1 Å². The maximum atomic E-state index is 12.1. The minimum atomic E-state index is -0.733. The topological polar surface area (TPSA) is 69.6 Å². The SMILES string of the molecule is CC(C)C1(CNCC(=O)N2CCC(C(=O)O)CC2)CC1. The molecule has 0 aromatic carbocycles. The molecule has 2 fully saturated rings. The van der Waals surface area contributed by atoms with Crippen LogP contribution in [0.15, 0.2) is 0 Å². The summed E-state index contributed by atoms with van der Waals surface area (Å²) in [6.07, 6.45) is 3.68. The fourth-order valence-electron chi connectivity index (χ4n) is 3.02. The first-order valence-electron chi connectivity index (χ1n) is 7.66. The van der Waals surface area contributed by atoms with Crippen LogP contribution in [0.1, 0.15) is 39.5 Å². The number of nitrogens with zero attached hydrogens (tertiary/aromatic N) is 1. The molecule has 1 amide bonds. The summed E-state index contributed by atoms with van der Waals surface area (Å²) in [5.41, 5.74) is 0.413. The largest absolute Gasteiger partial charge is 0.481 e. The smallest absolute Gasteiger partial charge is 0.306 e. The van der Waals surface area contributed by atoms with Gasteiger partial charge in [0.05, 0.1) is 12.5 Å². The van der Waals surface area contributed by atoms with Crippen molar-refractivity contribution in [3.8, 4) is 0 Å². The molecule has 0 bridgehead atoms. The first-order valence-corrected chi connectivity index (χ1v) is 7.66. The van der Waals surface area contributed by atoms with Crippen molar-refractivity contribution in [2.75, 3.05) is 26.2 Å². The number of likely N-dealkylation sites (tertiary alicyclic amines) is 1. The molecule has 114 valence electrons. The van der Waals surface area contributed by atoms with Gasteiger partial charge in [0.2, 0.25) is 5.91 Å². The van der Waals surface area contributed by atoms with Crippen LogP contribution >= 0.6 is 0 Å². The molecule has 0 aromatic heterocycles. The Morgan fingerprint density at radius 3 is 2.35 bits per heavy atom. The molecule has 0 radical (unpaired) electrons. The van der Waals surface area contributed by atoms with Crippen molar-refractivity contribution in [2.24, 2.45) is 17.3 Å². The molecule has 1 aliphatic carbocycles. The third-order valence-electron chi connectivity index (χ3n) is 5.07. The first kappa shape index (κ1) is 15.3. The number of nitrogens with one attached hydrogen (secondary N) is 1. The molecule has 0 aromatic rings. The number of carboxylic acid groups (broad SMARTS) is 1. The quantitative estimate of drug-likeness (QED) is 0.771. The molecule has 5 heteroatoms. The summed E-state index contributed by atoms with van der Waals surface area (Å²) in [5.74, 6) is -0.240. The lowest BCUT2D eigenvalue weighted by Gasteiger charge is -2.30. The van der Waals surface area contributed by atoms with Crippen LogP contribution in [-0.2, 0) is 9.59 Å². The van der Waals surface area contributed by atoms with Crippen LogP contribution in [0.5, 0.6) is 0 Å². The van der Waals surface area contributed by atoms with E-state index in [1.165, 1.54) is 12.8 Å². The lowest BCUT2D eigenvalue weighted by Crippen LogP contribution is -2.45. The average molecular weight is 282 g/mol. The number of piperidine rings is 1. The highest BCUT2D eigenvalue weighted by Gasteiger charge is 2.44. The summed E-state index contributed by atoms with van der Waals surface area (Å²) in [7, 11) is 0. The molecular weight excluding hydrogens is 256 g/mol. The molecular formula is C15H26N2O3. The van der Waals surface area contributed by atoms with Crippen LogP contribution in [0.2, 0.25) is 0 Å². The highest BCUT2D eigenvalue weighted by Crippen LogP contribution is 2.51. The predicted octanol–water partition coefficient (Wildman–Crippen LogP) is 1.34. The van der Waals surface area contributed by atoms with Gasteiger partial charge in [-0.25, -0.2) is 0 Å². The van der Waals surface area contributed by atoms with E-state index in [2.05, 4.69) is 19.2 Å². The Balaban J connectivity index is 1.67. The van der Waals surface area contributed by atoms with Gasteiger partial charge in [-0.05, 0) is 37.0 Å². The van der Waals surface area contributed by atoms with Gasteiger partial charge in [-0.1, -0.05) is 13.8 Å². The number of rotatable bonds is 6. The Labute approximate surface area is 120 Å². The van der Waals surface area contributed by atoms with Crippen LogP contribution in [0.25, 0.3) is 0 Å². The van der Waals surface area contributed by atoms with E-state index in [4.69, 9.17) is 5.11 Å². The second-order valence-corrected chi connectivity index (χ2v) is 6.61. The molecule has 1 saturated carbocycles. The summed E-state index contributed by atoms with van der Waals surface area (Å²) in [4.78, 5) is 24.7. The number of carboxylic acids is 1. The van der Waals surface area contributed by atoms with Crippen molar-refractivity contribution in [1.82, 2.24) is 10.2 Å². The molecule has 20 heavy (non-hydrogen) atoms. The summed E-state index contributed by atoms with van der Waals surface area (Å²) < 4.78 is 0. The maximum Gasteiger partial charge on any atom is 0.306 e. The zero-order chi connectivity index (χ0) is 14.8. The minimum Gasteiger partial charge on any atom is -0.481 e. The molecule has 1 heterocycles. The van der Waals surface area contributed by atoms with Gasteiger partial charge in [0.1, 0.15) is 0 Å². The van der Waals surface area contributed by atoms with E-state index in [1.807, 2.05) is 0 Å². The molecule has 0 spiro atoms. The van der Waals surface area contributed by atoms with Crippen molar-refractivity contribution >= 4 is 11.9 Å². The molecule has 2 rings (SSSR count). The van der Waals surface area contributed by atoms with E-state index >= 15 is 0 Å². The monoisotopic (exact) mass is 282 g/mol. The highest BCUT2D eigenvalue weighted by atomic mass is 16.4. The fraction of sp³-hybridized carbons (Fsp3) is 0.867. The van der Waals surface area contributed by atoms with Crippen molar-refractivity contribution in [3.63, 3.8) is 0 Å². The predicted molar refractivity (Wildman–Crippen MR) is 76.3 cm³/mol. The molecule has 1 aliphatic heterocycles. The number of hydrogen-bond donors (Lipinski definition) is 2. The molecule has 2 N–H and O–H groups in total. The number of hydrogen-bond acceptors (Lipinski definition) is 3. The Bertz CT molecular complexity index is 369. The lowest BCUT2D eigenvalue weighted by atomic mass is 9.92. The van der Waals surface area contributed by atoms with Gasteiger partial charge in [-0.2, -0.15) is 0 Å². The van der Waals surface area contributed by atoms with E-state index in [-0.39, 0.29) is 11.8 Å². The summed E-state index contributed by atoms with van der Waals surface area (Å²) >= 11 is 0. The third-order valence-corrected chi connectivity index (χ3v) is 5.07. The summed E-state index contributed by atoms with van der Waals surface area (Å²) in [6, 6.07) is 0. The molecule has 0 unspecified atom stereocenters. The van der Waals surface area contributed by atoms with Gasteiger partial charge < -0.3 is 15.3 Å². The standard InChI is InChI=1S/C15H26N2O3/c1-11(2)15(5-6-15)10-16-9-13(18)17-7-3-12(4-8-17)14(19)20/h11-12,16H,3-10H2,1-2H3,(H,19,20). The number of carbonyl (C=O) groups excluding carboxylic acids is 1. The van der Waals surface area contributed by atoms with Gasteiger partial charge in [0.15, 0.2) is 0 Å². The maximum absolute atomic E-state index is 12.1. The van der Waals surface area contributed by atoms with Crippen molar-refractivity contribution in [3.05, 3.63) is 0 Å². The highest BCUT2D eigenvalue weighted by molar-refractivity contribution is 5.78. The molecule has 1 saturated heterocycles. The Morgan fingerprint density at radius 2 is 1.90 bits per heavy atom. The number of carbonyl (C=O) groups is 2. The van der Waals surface area contributed by atoms with Gasteiger partial charge >= 0.3 is 5.97 Å². The second-order valence-electron chi connectivity index (χ2n) is 6.61. The Morgan fingerprint density at radius 1 is 1.30 bits per heavy atom. The van der Waals surface area contributed by atoms with Gasteiger partial charge in [0, 0.05) is 19.6 Å². The van der Waals surface area contributed by atoms with Crippen molar-refractivity contribution in [2.45, 2.75) is 39.5 Å². The Kier molecular flexibility index (Phi) is 4.68. The molecule has 5 nitrogen and oxygen atoms in total. The van der Waals surface area contributed by atoms with E-state index in [9.17, 15) is 9.59 Å². The second kappa shape index (κ2) is 6.12. The van der Waals surface area contributed by atoms with Gasteiger partial charge in [0.25, 0.3) is 0 Å². The molecule has 2 aliphatic rings. The van der Waals surface area contributed by atoms with E-state index in [0.717, 1.165) is 6.54 Å². The van der Waals surface area contributed by atoms with Gasteiger partial charge in [-0.3, -0.25) is 9.59 Å². The zero-order valence-corrected chi connectivity index (χ0v) is 12.5. The van der Waals surface area contributed by atoms with Gasteiger partial charge in [-0.15, -0.1) is 0 Å². The van der Waals surface area contributed by atoms with Crippen LogP contribution in [0.3, 0.4) is 0 Å². The van der Waals surface area contributed by atoms with Crippen LogP contribution < -0.4 is 5.32 Å². The summed E-state index contributed by atoms with van der Waals surface area (Å²) in [5, 5.41) is 12.2. The fourth-order valence-corrected chi connectivity index (χ4v) is 3.02. The first-order chi connectivity index (χ1) is 9.44. The van der Waals surface area contributed by atoms with Crippen LogP contribution in [0.4, 0.5) is 0 Å². The lowest BCUT2D eigenvalue weighted by molar-refractivity contribution is -0.145. The number of amides is 1. The number of aliphatic carboxylic acids is 1. The van der Waals surface area contributed by atoms with E-state index in [1.54, 1.807) is 4.90 Å². The summed E-state index contributed by atoms with van der Waals surface area (Å²) in [6.45, 7) is 6.94. The average Bonchev–Trinajstić information content (AvgIpc) is 3.20.